The van der Waals surface area contributed by atoms with Crippen molar-refractivity contribution in [2.24, 2.45) is 4.99 Å². The Morgan fingerprint density at radius 2 is 2.15 bits per heavy atom. The quantitative estimate of drug-likeness (QED) is 0.474. The van der Waals surface area contributed by atoms with Gasteiger partial charge in [-0.1, -0.05) is 22.9 Å². The highest BCUT2D eigenvalue weighted by atomic mass is 35.5. The number of rotatable bonds is 5. The molecule has 0 atom stereocenters. The number of thiazole rings is 1. The third kappa shape index (κ3) is 4.05. The van der Waals surface area contributed by atoms with Gasteiger partial charge in [0.05, 0.1) is 21.7 Å². The zero-order valence-electron chi connectivity index (χ0n) is 14.0. The number of amides is 1. The summed E-state index contributed by atoms with van der Waals surface area (Å²) in [5, 5.41) is 11.4. The van der Waals surface area contributed by atoms with Crippen molar-refractivity contribution < 1.29 is 18.8 Å². The first-order valence-corrected chi connectivity index (χ1v) is 8.91. The summed E-state index contributed by atoms with van der Waals surface area (Å²) in [6.07, 6.45) is 0. The molecule has 140 valence electrons. The van der Waals surface area contributed by atoms with E-state index in [9.17, 15) is 19.3 Å². The van der Waals surface area contributed by atoms with Crippen molar-refractivity contribution in [3.05, 3.63) is 67.7 Å². The number of carbonyl (C=O) groups is 1. The van der Waals surface area contributed by atoms with E-state index < -0.39 is 16.6 Å². The molecule has 0 bridgehead atoms. The van der Waals surface area contributed by atoms with Crippen LogP contribution in [0.2, 0.25) is 5.02 Å². The van der Waals surface area contributed by atoms with Crippen molar-refractivity contribution in [2.45, 2.75) is 6.54 Å². The Morgan fingerprint density at radius 1 is 1.37 bits per heavy atom. The molecule has 10 heteroatoms. The lowest BCUT2D eigenvalue weighted by Crippen LogP contribution is -2.19. The number of hydrogen-bond donors (Lipinski definition) is 0. The van der Waals surface area contributed by atoms with E-state index in [0.717, 1.165) is 17.4 Å². The molecule has 0 aliphatic rings. The van der Waals surface area contributed by atoms with Gasteiger partial charge < -0.3 is 9.30 Å². The van der Waals surface area contributed by atoms with Gasteiger partial charge in [-0.15, -0.1) is 0 Å². The summed E-state index contributed by atoms with van der Waals surface area (Å²) in [5.41, 5.74) is 0.0868. The summed E-state index contributed by atoms with van der Waals surface area (Å²) in [6.45, 7) is 0.730. The van der Waals surface area contributed by atoms with Crippen LogP contribution in [0.3, 0.4) is 0 Å². The highest BCUT2D eigenvalue weighted by molar-refractivity contribution is 7.16. The first-order chi connectivity index (χ1) is 12.9. The van der Waals surface area contributed by atoms with Gasteiger partial charge in [-0.05, 0) is 30.3 Å². The van der Waals surface area contributed by atoms with E-state index in [0.29, 0.717) is 23.4 Å². The van der Waals surface area contributed by atoms with Crippen molar-refractivity contribution in [2.75, 3.05) is 13.7 Å². The van der Waals surface area contributed by atoms with Gasteiger partial charge in [0.1, 0.15) is 11.4 Å². The highest BCUT2D eigenvalue weighted by Crippen LogP contribution is 2.24. The number of nitro benzene ring substituents is 1. The molecule has 0 N–H and O–H groups in total. The molecule has 0 aliphatic heterocycles. The van der Waals surface area contributed by atoms with Crippen molar-refractivity contribution in [3.63, 3.8) is 0 Å². The van der Waals surface area contributed by atoms with Gasteiger partial charge in [0.2, 0.25) is 0 Å². The maximum absolute atomic E-state index is 13.5. The summed E-state index contributed by atoms with van der Waals surface area (Å²) in [4.78, 5) is 27.5. The molecule has 1 amide bonds. The lowest BCUT2D eigenvalue weighted by Gasteiger charge is -2.04. The van der Waals surface area contributed by atoms with Crippen LogP contribution in [0.1, 0.15) is 10.4 Å². The third-order valence-corrected chi connectivity index (χ3v) is 5.02. The fraction of sp³-hybridized carbons (Fsp3) is 0.176. The maximum Gasteiger partial charge on any atom is 0.286 e. The van der Waals surface area contributed by atoms with Gasteiger partial charge in [0.25, 0.3) is 11.6 Å². The molecule has 0 aliphatic carbocycles. The van der Waals surface area contributed by atoms with Gasteiger partial charge in [0, 0.05) is 24.7 Å². The van der Waals surface area contributed by atoms with Crippen molar-refractivity contribution >= 4 is 44.7 Å². The number of aromatic nitrogens is 1. The first-order valence-electron chi connectivity index (χ1n) is 7.71. The summed E-state index contributed by atoms with van der Waals surface area (Å²) >= 11 is 6.98. The van der Waals surface area contributed by atoms with Crippen LogP contribution in [0.4, 0.5) is 10.1 Å². The normalized spacial score (nSPS) is 11.9. The van der Waals surface area contributed by atoms with Gasteiger partial charge in [-0.3, -0.25) is 14.9 Å². The fourth-order valence-corrected chi connectivity index (χ4v) is 3.77. The number of nitro groups is 1. The molecule has 0 unspecified atom stereocenters. The molecule has 0 saturated carbocycles. The number of carbonyl (C=O) groups excluding carboxylic acids is 1. The standard InChI is InChI=1S/C17H13ClFN3O4S/c1-26-7-6-21-14-5-3-11(19)9-15(14)27-17(21)20-16(23)12-8-10(18)2-4-13(12)22(24)25/h2-5,8-9H,6-7H2,1H3. The Hall–Kier alpha value is -2.62. The summed E-state index contributed by atoms with van der Waals surface area (Å²) in [5.74, 6) is -1.21. The Bertz CT molecular complexity index is 1110. The molecular weight excluding hydrogens is 397 g/mol. The SMILES string of the molecule is COCCn1c(=NC(=O)c2cc(Cl)ccc2[N+](=O)[O-])sc2cc(F)ccc21. The Labute approximate surface area is 161 Å². The fourth-order valence-electron chi connectivity index (χ4n) is 2.52. The molecule has 27 heavy (non-hydrogen) atoms. The molecule has 1 heterocycles. The van der Waals surface area contributed by atoms with Crippen molar-refractivity contribution in [3.8, 4) is 0 Å². The molecule has 0 fully saturated rings. The number of hydrogen-bond acceptors (Lipinski definition) is 5. The molecule has 3 rings (SSSR count). The van der Waals surface area contributed by atoms with Crippen LogP contribution in [0.25, 0.3) is 10.2 Å². The Morgan fingerprint density at radius 3 is 2.85 bits per heavy atom. The molecule has 3 aromatic rings. The summed E-state index contributed by atoms with van der Waals surface area (Å²) < 4.78 is 20.9. The number of ether oxygens (including phenoxy) is 1. The molecule has 2 aromatic carbocycles. The van der Waals surface area contributed by atoms with E-state index in [1.807, 2.05) is 0 Å². The smallest absolute Gasteiger partial charge is 0.286 e. The molecule has 0 radical (unpaired) electrons. The van der Waals surface area contributed by atoms with E-state index in [4.69, 9.17) is 16.3 Å². The molecule has 7 nitrogen and oxygen atoms in total. The van der Waals surface area contributed by atoms with Crippen LogP contribution in [0.15, 0.2) is 41.4 Å². The Balaban J connectivity index is 2.16. The minimum atomic E-state index is -0.803. The maximum atomic E-state index is 13.5. The minimum absolute atomic E-state index is 0.185. The van der Waals surface area contributed by atoms with Crippen molar-refractivity contribution in [1.82, 2.24) is 4.57 Å². The van der Waals surface area contributed by atoms with Crippen LogP contribution in [-0.4, -0.2) is 29.1 Å². The van der Waals surface area contributed by atoms with Gasteiger partial charge in [-0.2, -0.15) is 4.99 Å². The predicted octanol–water partition coefficient (Wildman–Crippen LogP) is 3.79. The molecule has 0 saturated heterocycles. The largest absolute Gasteiger partial charge is 0.383 e. The van der Waals surface area contributed by atoms with E-state index in [2.05, 4.69) is 4.99 Å². The molecular formula is C17H13ClFN3O4S. The second kappa shape index (κ2) is 7.95. The van der Waals surface area contributed by atoms with Gasteiger partial charge in [-0.25, -0.2) is 4.39 Å². The summed E-state index contributed by atoms with van der Waals surface area (Å²) in [6, 6.07) is 7.93. The van der Waals surface area contributed by atoms with Crippen LogP contribution >= 0.6 is 22.9 Å². The Kier molecular flexibility index (Phi) is 5.64. The molecule has 0 spiro atoms. The number of methoxy groups -OCH3 is 1. The van der Waals surface area contributed by atoms with Crippen LogP contribution in [-0.2, 0) is 11.3 Å². The topological polar surface area (TPSA) is 86.7 Å². The highest BCUT2D eigenvalue weighted by Gasteiger charge is 2.20. The first kappa shape index (κ1) is 19.2. The zero-order chi connectivity index (χ0) is 19.6. The lowest BCUT2D eigenvalue weighted by molar-refractivity contribution is -0.385. The average Bonchev–Trinajstić information content (AvgIpc) is 2.95. The van der Waals surface area contributed by atoms with Gasteiger partial charge >= 0.3 is 0 Å². The van der Waals surface area contributed by atoms with Crippen LogP contribution in [0.5, 0.6) is 0 Å². The zero-order valence-corrected chi connectivity index (χ0v) is 15.6. The molecule has 1 aromatic heterocycles. The van der Waals surface area contributed by atoms with Crippen LogP contribution < -0.4 is 4.80 Å². The summed E-state index contributed by atoms with van der Waals surface area (Å²) in [7, 11) is 1.53. The van der Waals surface area contributed by atoms with E-state index in [1.54, 1.807) is 10.6 Å². The average molecular weight is 410 g/mol. The second-order valence-electron chi connectivity index (χ2n) is 5.48. The van der Waals surface area contributed by atoms with E-state index in [-0.39, 0.29) is 21.1 Å². The second-order valence-corrected chi connectivity index (χ2v) is 6.92. The van der Waals surface area contributed by atoms with E-state index in [1.165, 1.54) is 31.4 Å². The van der Waals surface area contributed by atoms with Gasteiger partial charge in [0.15, 0.2) is 4.80 Å². The lowest BCUT2D eigenvalue weighted by atomic mass is 10.2. The number of nitrogens with zero attached hydrogens (tertiary/aromatic N) is 3. The predicted molar refractivity (Wildman–Crippen MR) is 99.6 cm³/mol. The number of fused-ring (bicyclic) bond motifs is 1. The third-order valence-electron chi connectivity index (χ3n) is 3.75. The van der Waals surface area contributed by atoms with Crippen molar-refractivity contribution in [1.29, 1.82) is 0 Å². The number of halogens is 2. The number of benzene rings is 2. The van der Waals surface area contributed by atoms with E-state index >= 15 is 0 Å². The van der Waals surface area contributed by atoms with Crippen LogP contribution in [0, 0.1) is 15.9 Å². The monoisotopic (exact) mass is 409 g/mol. The minimum Gasteiger partial charge on any atom is -0.383 e.